The van der Waals surface area contributed by atoms with E-state index >= 15 is 0 Å². The van der Waals surface area contributed by atoms with Gasteiger partial charge in [-0.25, -0.2) is 0 Å². The normalized spacial score (nSPS) is 52.1. The number of hydrogen-bond acceptors (Lipinski definition) is 16. The summed E-state index contributed by atoms with van der Waals surface area (Å²) in [7, 11) is 0. The van der Waals surface area contributed by atoms with Crippen molar-refractivity contribution in [2.75, 3.05) is 26.4 Å². The zero-order valence-corrected chi connectivity index (χ0v) is 17.8. The van der Waals surface area contributed by atoms with E-state index in [0.29, 0.717) is 0 Å². The maximum Gasteiger partial charge on any atom is 0.219 e. The third-order valence-corrected chi connectivity index (χ3v) is 6.10. The molecule has 0 bridgehead atoms. The average Bonchev–Trinajstić information content (AvgIpc) is 3.04. The van der Waals surface area contributed by atoms with Gasteiger partial charge < -0.3 is 79.9 Å². The van der Waals surface area contributed by atoms with Gasteiger partial charge in [0.25, 0.3) is 0 Å². The van der Waals surface area contributed by atoms with Crippen LogP contribution < -0.4 is 0 Å². The van der Waals surface area contributed by atoms with Gasteiger partial charge in [0, 0.05) is 0 Å². The molecule has 11 N–H and O–H groups in total. The summed E-state index contributed by atoms with van der Waals surface area (Å²) in [6.45, 7) is -2.90. The van der Waals surface area contributed by atoms with Crippen LogP contribution in [0.25, 0.3) is 0 Å². The second-order valence-electron chi connectivity index (χ2n) is 8.48. The van der Waals surface area contributed by atoms with Crippen molar-refractivity contribution in [1.82, 2.24) is 0 Å². The minimum atomic E-state index is -2.55. The topological polar surface area (TPSA) is 269 Å². The molecule has 3 unspecified atom stereocenters. The van der Waals surface area contributed by atoms with Crippen molar-refractivity contribution >= 4 is 0 Å². The van der Waals surface area contributed by atoms with E-state index < -0.39 is 112 Å². The van der Waals surface area contributed by atoms with E-state index in [0.717, 1.165) is 0 Å². The van der Waals surface area contributed by atoms with Crippen molar-refractivity contribution in [2.24, 2.45) is 0 Å². The second kappa shape index (κ2) is 11.2. The molecule has 34 heavy (non-hydrogen) atoms. The van der Waals surface area contributed by atoms with Crippen LogP contribution in [0.3, 0.4) is 0 Å². The summed E-state index contributed by atoms with van der Waals surface area (Å²) in [5.41, 5.74) is 0. The fraction of sp³-hybridized carbons (Fsp3) is 1.00. The van der Waals surface area contributed by atoms with E-state index in [1.54, 1.807) is 0 Å². The molecule has 3 heterocycles. The van der Waals surface area contributed by atoms with Gasteiger partial charge in [-0.2, -0.15) is 0 Å². The van der Waals surface area contributed by atoms with E-state index in [1.165, 1.54) is 0 Å². The molecule has 3 fully saturated rings. The summed E-state index contributed by atoms with van der Waals surface area (Å²) in [5, 5.41) is 109. The number of rotatable bonds is 8. The molecule has 3 saturated heterocycles. The third kappa shape index (κ3) is 5.37. The summed E-state index contributed by atoms with van der Waals surface area (Å²) in [6.07, 6.45) is -21.0. The van der Waals surface area contributed by atoms with Crippen molar-refractivity contribution < 1.29 is 79.9 Å². The molecule has 0 saturated carbocycles. The molecule has 0 aliphatic carbocycles. The van der Waals surface area contributed by atoms with Gasteiger partial charge in [-0.3, -0.25) is 0 Å². The Morgan fingerprint density at radius 1 is 0.588 bits per heavy atom. The highest BCUT2D eigenvalue weighted by molar-refractivity contribution is 4.97. The molecule has 0 amide bonds. The first-order chi connectivity index (χ1) is 15.9. The Kier molecular flexibility index (Phi) is 9.18. The fourth-order valence-corrected chi connectivity index (χ4v) is 3.93. The number of aliphatic hydroxyl groups excluding tert-OH is 10. The molecule has 200 valence electrons. The first-order valence-corrected chi connectivity index (χ1v) is 10.6. The third-order valence-electron chi connectivity index (χ3n) is 6.10. The van der Waals surface area contributed by atoms with Crippen LogP contribution in [-0.4, -0.2) is 168 Å². The molecule has 0 radical (unpaired) electrons. The fourth-order valence-electron chi connectivity index (χ4n) is 3.93. The highest BCUT2D eigenvalue weighted by Crippen LogP contribution is 2.32. The van der Waals surface area contributed by atoms with Crippen molar-refractivity contribution in [3.63, 3.8) is 0 Å². The summed E-state index contributed by atoms with van der Waals surface area (Å²) in [5.74, 6) is -2.55. The molecule has 0 aromatic carbocycles. The van der Waals surface area contributed by atoms with Gasteiger partial charge in [-0.15, -0.1) is 0 Å². The Hall–Kier alpha value is -0.640. The maximum absolute atomic E-state index is 10.6. The minimum absolute atomic E-state index is 0.594. The van der Waals surface area contributed by atoms with Crippen LogP contribution in [-0.2, 0) is 23.7 Å². The smallest absolute Gasteiger partial charge is 0.219 e. The summed E-state index contributed by atoms with van der Waals surface area (Å²) in [4.78, 5) is 0. The molecule has 0 spiro atoms. The van der Waals surface area contributed by atoms with Crippen molar-refractivity contribution in [1.29, 1.82) is 0 Å². The molecule has 3 aliphatic rings. The van der Waals surface area contributed by atoms with Crippen LogP contribution in [0.5, 0.6) is 0 Å². The Morgan fingerprint density at radius 3 is 1.53 bits per heavy atom. The van der Waals surface area contributed by atoms with Crippen LogP contribution >= 0.6 is 0 Å². The largest absolute Gasteiger partial charge is 0.394 e. The van der Waals surface area contributed by atoms with Crippen molar-refractivity contribution in [2.45, 2.75) is 85.5 Å². The Morgan fingerprint density at radius 2 is 1.06 bits per heavy atom. The van der Waals surface area contributed by atoms with Gasteiger partial charge >= 0.3 is 0 Å². The molecule has 16 nitrogen and oxygen atoms in total. The quantitative estimate of drug-likeness (QED) is 0.146. The lowest BCUT2D eigenvalue weighted by atomic mass is 9.99. The number of hydrogen-bond donors (Lipinski definition) is 11. The van der Waals surface area contributed by atoms with E-state index in [-0.39, 0.29) is 0 Å². The molecule has 0 aromatic heterocycles. The zero-order chi connectivity index (χ0) is 25.4. The number of ether oxygens (including phenoxy) is 5. The van der Waals surface area contributed by atoms with Gasteiger partial charge in [0.2, 0.25) is 5.79 Å². The van der Waals surface area contributed by atoms with Crippen LogP contribution in [0.1, 0.15) is 0 Å². The Labute approximate surface area is 192 Å². The molecule has 16 heteroatoms. The Bertz CT molecular complexity index is 651. The van der Waals surface area contributed by atoms with E-state index in [9.17, 15) is 56.2 Å². The second-order valence-corrected chi connectivity index (χ2v) is 8.48. The van der Waals surface area contributed by atoms with E-state index in [2.05, 4.69) is 0 Å². The average molecular weight is 504 g/mol. The van der Waals surface area contributed by atoms with Crippen LogP contribution in [0, 0.1) is 0 Å². The predicted octanol–water partition coefficient (Wildman–Crippen LogP) is -7.57. The summed E-state index contributed by atoms with van der Waals surface area (Å²) >= 11 is 0. The predicted molar refractivity (Wildman–Crippen MR) is 101 cm³/mol. The zero-order valence-electron chi connectivity index (χ0n) is 17.8. The van der Waals surface area contributed by atoms with Gasteiger partial charge in [-0.05, 0) is 0 Å². The lowest BCUT2D eigenvalue weighted by molar-refractivity contribution is -0.335. The molecular formula is C18H32O16. The highest BCUT2D eigenvalue weighted by Gasteiger charge is 2.55. The van der Waals surface area contributed by atoms with Crippen LogP contribution in [0.4, 0.5) is 0 Å². The standard InChI is InChI=1S/C18H32O16/c19-1-5-8(21)11(24)13(26)16(32-5)30-3-7-10(23)15(28)18(29,34-7)4-31-17-14(27)12(25)9(22)6(2-20)33-17/h5-17,19-29H,1-4H2/t5-,6-,7-,8-,9-,10-,11+,12+,13-,14-,15+,16?,17?,18?/m1/s1. The molecule has 14 atom stereocenters. The SMILES string of the molecule is OC[C@H]1OC(OC[C@H]2OC(O)(COC3O[C@H](CO)[C@@H](O)[C@H](O)[C@H]3O)[C@@H](O)[C@@H]2O)[C@H](O)[C@@H](O)[C@@H]1O. The van der Waals surface area contributed by atoms with Gasteiger partial charge in [0.1, 0.15) is 73.8 Å². The Balaban J connectivity index is 1.57. The van der Waals surface area contributed by atoms with Crippen LogP contribution in [0.2, 0.25) is 0 Å². The van der Waals surface area contributed by atoms with Crippen LogP contribution in [0.15, 0.2) is 0 Å². The number of aliphatic hydroxyl groups is 11. The minimum Gasteiger partial charge on any atom is -0.394 e. The highest BCUT2D eigenvalue weighted by atomic mass is 16.7. The molecule has 3 aliphatic heterocycles. The van der Waals surface area contributed by atoms with Crippen molar-refractivity contribution in [3.05, 3.63) is 0 Å². The monoisotopic (exact) mass is 504 g/mol. The summed E-state index contributed by atoms with van der Waals surface area (Å²) in [6, 6.07) is 0. The molecular weight excluding hydrogens is 472 g/mol. The summed E-state index contributed by atoms with van der Waals surface area (Å²) < 4.78 is 25.9. The maximum atomic E-state index is 10.6. The lowest BCUT2D eigenvalue weighted by Gasteiger charge is -2.40. The van der Waals surface area contributed by atoms with Gasteiger partial charge in [0.05, 0.1) is 19.8 Å². The molecule has 3 rings (SSSR count). The first-order valence-electron chi connectivity index (χ1n) is 10.6. The van der Waals surface area contributed by atoms with Gasteiger partial charge in [-0.1, -0.05) is 0 Å². The lowest BCUT2D eigenvalue weighted by Crippen LogP contribution is -2.60. The first kappa shape index (κ1) is 27.9. The van der Waals surface area contributed by atoms with Gasteiger partial charge in [0.15, 0.2) is 12.6 Å². The van der Waals surface area contributed by atoms with E-state index in [4.69, 9.17) is 23.7 Å². The van der Waals surface area contributed by atoms with E-state index in [1.807, 2.05) is 0 Å². The molecule has 0 aromatic rings. The van der Waals surface area contributed by atoms with Crippen molar-refractivity contribution in [3.8, 4) is 0 Å².